The minimum absolute atomic E-state index is 0.308. The van der Waals surface area contributed by atoms with Crippen LogP contribution < -0.4 is 11.2 Å². The van der Waals surface area contributed by atoms with Crippen molar-refractivity contribution >= 4 is 5.91 Å². The van der Waals surface area contributed by atoms with E-state index in [1.54, 1.807) is 19.1 Å². The van der Waals surface area contributed by atoms with Crippen LogP contribution in [0, 0.1) is 5.82 Å². The largest absolute Gasteiger partial charge is 0.317 e. The lowest BCUT2D eigenvalue weighted by molar-refractivity contribution is -0.136. The third kappa shape index (κ3) is 3.29. The normalized spacial score (nSPS) is 14.2. The Morgan fingerprint density at radius 2 is 2.06 bits per heavy atom. The first-order valence-electron chi connectivity index (χ1n) is 4.82. The number of benzene rings is 1. The van der Waals surface area contributed by atoms with Gasteiger partial charge in [0.2, 0.25) is 0 Å². The topological polar surface area (TPSA) is 64.3 Å². The van der Waals surface area contributed by atoms with Crippen molar-refractivity contribution in [3.8, 4) is 0 Å². The lowest BCUT2D eigenvalue weighted by Crippen LogP contribution is -2.52. The van der Waals surface area contributed by atoms with Gasteiger partial charge in [-0.15, -0.1) is 0 Å². The zero-order chi connectivity index (χ0) is 12.2. The van der Waals surface area contributed by atoms with Gasteiger partial charge in [0.1, 0.15) is 5.82 Å². The number of carbonyl (C=O) groups excluding carboxylic acids is 1. The molecule has 1 rings (SSSR count). The molecule has 16 heavy (non-hydrogen) atoms. The van der Waals surface area contributed by atoms with Crippen molar-refractivity contribution in [1.29, 1.82) is 0 Å². The van der Waals surface area contributed by atoms with Gasteiger partial charge in [0.15, 0.2) is 0 Å². The Morgan fingerprint density at radius 3 is 2.56 bits per heavy atom. The van der Waals surface area contributed by atoms with Gasteiger partial charge in [0.25, 0.3) is 5.91 Å². The highest BCUT2D eigenvalue weighted by atomic mass is 19.1. The molecule has 4 nitrogen and oxygen atoms in total. The van der Waals surface area contributed by atoms with Gasteiger partial charge in [-0.3, -0.25) is 9.63 Å². The van der Waals surface area contributed by atoms with Gasteiger partial charge < -0.3 is 5.73 Å². The highest BCUT2D eigenvalue weighted by molar-refractivity contribution is 5.85. The van der Waals surface area contributed by atoms with Crippen molar-refractivity contribution in [2.75, 3.05) is 7.11 Å². The summed E-state index contributed by atoms with van der Waals surface area (Å²) in [7, 11) is 1.34. The number of amides is 1. The molecule has 0 fully saturated rings. The Kier molecular flexibility index (Phi) is 3.98. The third-order valence-corrected chi connectivity index (χ3v) is 2.20. The molecule has 0 bridgehead atoms. The van der Waals surface area contributed by atoms with Crippen LogP contribution in [-0.4, -0.2) is 18.6 Å². The Hall–Kier alpha value is -1.46. The van der Waals surface area contributed by atoms with Crippen molar-refractivity contribution in [3.05, 3.63) is 35.6 Å². The van der Waals surface area contributed by atoms with Gasteiger partial charge in [0.05, 0.1) is 12.6 Å². The number of rotatable bonds is 4. The summed E-state index contributed by atoms with van der Waals surface area (Å²) in [5.74, 6) is -0.733. The maximum absolute atomic E-state index is 12.7. The average molecular weight is 226 g/mol. The van der Waals surface area contributed by atoms with Crippen LogP contribution in [0.2, 0.25) is 0 Å². The van der Waals surface area contributed by atoms with Gasteiger partial charge in [-0.05, 0) is 31.0 Å². The summed E-state index contributed by atoms with van der Waals surface area (Å²) < 4.78 is 12.7. The summed E-state index contributed by atoms with van der Waals surface area (Å²) >= 11 is 0. The van der Waals surface area contributed by atoms with E-state index in [-0.39, 0.29) is 5.82 Å². The molecule has 1 aromatic carbocycles. The molecule has 3 N–H and O–H groups in total. The first-order valence-corrected chi connectivity index (χ1v) is 4.82. The number of hydroxylamine groups is 1. The SMILES string of the molecule is CONC(=O)[C@@](C)(N)Cc1ccc(F)cc1. The van der Waals surface area contributed by atoms with Crippen LogP contribution in [0.25, 0.3) is 0 Å². The lowest BCUT2D eigenvalue weighted by atomic mass is 9.93. The minimum Gasteiger partial charge on any atom is -0.317 e. The van der Waals surface area contributed by atoms with Crippen LogP contribution in [0.3, 0.4) is 0 Å². The van der Waals surface area contributed by atoms with Crippen LogP contribution in [0.4, 0.5) is 4.39 Å². The van der Waals surface area contributed by atoms with Gasteiger partial charge in [-0.25, -0.2) is 9.87 Å². The Morgan fingerprint density at radius 1 is 1.50 bits per heavy atom. The molecule has 0 aliphatic carbocycles. The molecular weight excluding hydrogens is 211 g/mol. The Balaban J connectivity index is 2.72. The molecule has 1 aromatic rings. The summed E-state index contributed by atoms with van der Waals surface area (Å²) in [6.45, 7) is 1.59. The second-order valence-corrected chi connectivity index (χ2v) is 3.86. The van der Waals surface area contributed by atoms with Crippen molar-refractivity contribution in [1.82, 2.24) is 5.48 Å². The first-order chi connectivity index (χ1) is 7.45. The van der Waals surface area contributed by atoms with E-state index in [2.05, 4.69) is 10.3 Å². The van der Waals surface area contributed by atoms with Crippen molar-refractivity contribution in [2.24, 2.45) is 5.73 Å². The standard InChI is InChI=1S/C11H15FN2O2/c1-11(13,10(15)14-16-2)7-8-3-5-9(12)6-4-8/h3-6H,7,13H2,1-2H3,(H,14,15)/t11-/m0/s1. The van der Waals surface area contributed by atoms with E-state index in [0.717, 1.165) is 5.56 Å². The fourth-order valence-electron chi connectivity index (χ4n) is 1.32. The fourth-order valence-corrected chi connectivity index (χ4v) is 1.32. The molecular formula is C11H15FN2O2. The smallest absolute Gasteiger partial charge is 0.263 e. The van der Waals surface area contributed by atoms with E-state index in [1.165, 1.54) is 19.2 Å². The molecule has 0 saturated heterocycles. The summed E-state index contributed by atoms with van der Waals surface area (Å²) in [6.07, 6.45) is 0.308. The van der Waals surface area contributed by atoms with E-state index in [9.17, 15) is 9.18 Å². The Bertz CT molecular complexity index is 363. The van der Waals surface area contributed by atoms with Crippen LogP contribution >= 0.6 is 0 Å². The number of carbonyl (C=O) groups is 1. The molecule has 0 unspecified atom stereocenters. The van der Waals surface area contributed by atoms with E-state index in [1.807, 2.05) is 0 Å². The van der Waals surface area contributed by atoms with Gasteiger partial charge in [-0.2, -0.15) is 0 Å². The predicted molar refractivity (Wildman–Crippen MR) is 57.8 cm³/mol. The molecule has 0 aromatic heterocycles. The zero-order valence-corrected chi connectivity index (χ0v) is 9.29. The maximum atomic E-state index is 12.7. The molecule has 1 atom stereocenters. The van der Waals surface area contributed by atoms with Gasteiger partial charge >= 0.3 is 0 Å². The van der Waals surface area contributed by atoms with Crippen molar-refractivity contribution < 1.29 is 14.0 Å². The van der Waals surface area contributed by atoms with Crippen LogP contribution in [0.15, 0.2) is 24.3 Å². The third-order valence-electron chi connectivity index (χ3n) is 2.20. The number of nitrogens with two attached hydrogens (primary N) is 1. The average Bonchev–Trinajstić information content (AvgIpc) is 2.21. The Labute approximate surface area is 93.5 Å². The maximum Gasteiger partial charge on any atom is 0.263 e. The summed E-state index contributed by atoms with van der Waals surface area (Å²) in [6, 6.07) is 5.86. The summed E-state index contributed by atoms with van der Waals surface area (Å²) in [5, 5.41) is 0. The van der Waals surface area contributed by atoms with E-state index in [4.69, 9.17) is 5.73 Å². The summed E-state index contributed by atoms with van der Waals surface area (Å²) in [4.78, 5) is 16.0. The number of hydrogen-bond donors (Lipinski definition) is 2. The molecule has 88 valence electrons. The zero-order valence-electron chi connectivity index (χ0n) is 9.29. The molecule has 0 aliphatic rings. The summed E-state index contributed by atoms with van der Waals surface area (Å²) in [5.41, 5.74) is 7.71. The molecule has 5 heteroatoms. The number of nitrogens with one attached hydrogen (secondary N) is 1. The highest BCUT2D eigenvalue weighted by Gasteiger charge is 2.28. The predicted octanol–water partition coefficient (Wildman–Crippen LogP) is 0.763. The molecule has 0 heterocycles. The minimum atomic E-state index is -1.09. The van der Waals surface area contributed by atoms with Gasteiger partial charge in [0, 0.05) is 0 Å². The molecule has 0 aliphatic heterocycles. The fraction of sp³-hybridized carbons (Fsp3) is 0.364. The molecule has 1 amide bonds. The van der Waals surface area contributed by atoms with Crippen LogP contribution in [0.5, 0.6) is 0 Å². The van der Waals surface area contributed by atoms with E-state index in [0.29, 0.717) is 6.42 Å². The van der Waals surface area contributed by atoms with Crippen LogP contribution in [0.1, 0.15) is 12.5 Å². The second kappa shape index (κ2) is 5.05. The second-order valence-electron chi connectivity index (χ2n) is 3.86. The molecule has 0 radical (unpaired) electrons. The monoisotopic (exact) mass is 226 g/mol. The van der Waals surface area contributed by atoms with Crippen molar-refractivity contribution in [2.45, 2.75) is 18.9 Å². The van der Waals surface area contributed by atoms with Crippen molar-refractivity contribution in [3.63, 3.8) is 0 Å². The molecule has 0 saturated carbocycles. The van der Waals surface area contributed by atoms with E-state index >= 15 is 0 Å². The highest BCUT2D eigenvalue weighted by Crippen LogP contribution is 2.11. The van der Waals surface area contributed by atoms with Gasteiger partial charge in [-0.1, -0.05) is 12.1 Å². The quantitative estimate of drug-likeness (QED) is 0.745. The first kappa shape index (κ1) is 12.6. The molecule has 0 spiro atoms. The lowest BCUT2D eigenvalue weighted by Gasteiger charge is -2.22. The van der Waals surface area contributed by atoms with E-state index < -0.39 is 11.4 Å². The number of halogens is 1. The number of hydrogen-bond acceptors (Lipinski definition) is 3. The van der Waals surface area contributed by atoms with Crippen LogP contribution in [-0.2, 0) is 16.1 Å².